The molecular weight excluding hydrogens is 267 g/mol. The summed E-state index contributed by atoms with van der Waals surface area (Å²) in [7, 11) is 0. The molecule has 0 bridgehead atoms. The van der Waals surface area contributed by atoms with Crippen molar-refractivity contribution >= 4 is 17.3 Å². The molecule has 2 N–H and O–H groups in total. The topological polar surface area (TPSA) is 59.0 Å². The standard InChI is InChI=1S/C14H10ClFN2O/c15-12-6-11(18)2-4-14(12)19-8-10-5-9(7-17)1-3-13(10)16/h1-6H,8,18H2. The minimum Gasteiger partial charge on any atom is -0.487 e. The number of nitrogens with two attached hydrogens (primary N) is 1. The molecule has 0 saturated carbocycles. The molecule has 0 saturated heterocycles. The molecule has 0 aliphatic rings. The second kappa shape index (κ2) is 5.59. The van der Waals surface area contributed by atoms with E-state index in [0.717, 1.165) is 0 Å². The van der Waals surface area contributed by atoms with Crippen LogP contribution in [0, 0.1) is 17.1 Å². The number of hydrogen-bond acceptors (Lipinski definition) is 3. The van der Waals surface area contributed by atoms with Gasteiger partial charge in [-0.1, -0.05) is 11.6 Å². The van der Waals surface area contributed by atoms with Gasteiger partial charge in [0.25, 0.3) is 0 Å². The fraction of sp³-hybridized carbons (Fsp3) is 0.0714. The molecule has 3 nitrogen and oxygen atoms in total. The molecule has 0 unspecified atom stereocenters. The molecule has 96 valence electrons. The Morgan fingerprint density at radius 1 is 1.26 bits per heavy atom. The summed E-state index contributed by atoms with van der Waals surface area (Å²) in [5, 5.41) is 9.12. The summed E-state index contributed by atoms with van der Waals surface area (Å²) in [6, 6.07) is 10.9. The Bertz CT molecular complexity index is 652. The van der Waals surface area contributed by atoms with Crippen LogP contribution in [0.25, 0.3) is 0 Å². The first-order chi connectivity index (χ1) is 9.10. The molecule has 0 spiro atoms. The molecule has 2 rings (SSSR count). The van der Waals surface area contributed by atoms with E-state index in [9.17, 15) is 4.39 Å². The van der Waals surface area contributed by atoms with Gasteiger partial charge in [-0.3, -0.25) is 0 Å². The van der Waals surface area contributed by atoms with Crippen molar-refractivity contribution in [3.05, 3.63) is 58.4 Å². The van der Waals surface area contributed by atoms with Crippen molar-refractivity contribution in [2.24, 2.45) is 0 Å². The molecule has 2 aromatic carbocycles. The Hall–Kier alpha value is -2.25. The average molecular weight is 277 g/mol. The van der Waals surface area contributed by atoms with Crippen molar-refractivity contribution in [1.29, 1.82) is 5.26 Å². The highest BCUT2D eigenvalue weighted by molar-refractivity contribution is 6.32. The van der Waals surface area contributed by atoms with Gasteiger partial charge in [0.05, 0.1) is 16.7 Å². The number of nitrogen functional groups attached to an aromatic ring is 1. The van der Waals surface area contributed by atoms with Gasteiger partial charge in [-0.2, -0.15) is 5.26 Å². The second-order valence-electron chi connectivity index (χ2n) is 3.90. The molecule has 2 aromatic rings. The number of hydrogen-bond donors (Lipinski definition) is 1. The smallest absolute Gasteiger partial charge is 0.138 e. The third-order valence-electron chi connectivity index (χ3n) is 2.51. The van der Waals surface area contributed by atoms with Crippen LogP contribution in [0.1, 0.15) is 11.1 Å². The largest absolute Gasteiger partial charge is 0.487 e. The lowest BCUT2D eigenvalue weighted by Gasteiger charge is -2.09. The van der Waals surface area contributed by atoms with Crippen LogP contribution in [0.4, 0.5) is 10.1 Å². The fourth-order valence-corrected chi connectivity index (χ4v) is 1.79. The molecule has 19 heavy (non-hydrogen) atoms. The first kappa shape index (κ1) is 13.2. The molecule has 0 amide bonds. The van der Waals surface area contributed by atoms with Crippen LogP contribution in [-0.4, -0.2) is 0 Å². The van der Waals surface area contributed by atoms with Crippen LogP contribution in [0.15, 0.2) is 36.4 Å². The normalized spacial score (nSPS) is 9.95. The predicted octanol–water partition coefficient (Wildman–Crippen LogP) is 3.51. The summed E-state index contributed by atoms with van der Waals surface area (Å²) in [6.07, 6.45) is 0. The summed E-state index contributed by atoms with van der Waals surface area (Å²) in [5.41, 5.74) is 6.76. The number of benzene rings is 2. The van der Waals surface area contributed by atoms with Gasteiger partial charge < -0.3 is 10.5 Å². The molecule has 0 heterocycles. The van der Waals surface area contributed by atoms with Crippen molar-refractivity contribution in [2.45, 2.75) is 6.61 Å². The monoisotopic (exact) mass is 276 g/mol. The molecule has 0 fully saturated rings. The Morgan fingerprint density at radius 3 is 2.74 bits per heavy atom. The number of rotatable bonds is 3. The van der Waals surface area contributed by atoms with E-state index in [-0.39, 0.29) is 6.61 Å². The highest BCUT2D eigenvalue weighted by Crippen LogP contribution is 2.27. The number of nitrogens with zero attached hydrogens (tertiary/aromatic N) is 1. The lowest BCUT2D eigenvalue weighted by Crippen LogP contribution is -2.00. The third kappa shape index (κ3) is 3.15. The molecule has 0 aromatic heterocycles. The number of ether oxygens (including phenoxy) is 1. The van der Waals surface area contributed by atoms with Gasteiger partial charge >= 0.3 is 0 Å². The zero-order chi connectivity index (χ0) is 13.8. The Labute approximate surface area is 115 Å². The highest BCUT2D eigenvalue weighted by Gasteiger charge is 2.07. The quantitative estimate of drug-likeness (QED) is 0.873. The van der Waals surface area contributed by atoms with E-state index >= 15 is 0 Å². The van der Waals surface area contributed by atoms with Crippen molar-refractivity contribution in [3.63, 3.8) is 0 Å². The van der Waals surface area contributed by atoms with Gasteiger partial charge in [0, 0.05) is 11.3 Å². The summed E-state index contributed by atoms with van der Waals surface area (Å²) in [4.78, 5) is 0. The van der Waals surface area contributed by atoms with Crippen LogP contribution in [0.2, 0.25) is 5.02 Å². The molecule has 0 aliphatic carbocycles. The first-order valence-electron chi connectivity index (χ1n) is 5.46. The predicted molar refractivity (Wildman–Crippen MR) is 71.3 cm³/mol. The first-order valence-corrected chi connectivity index (χ1v) is 5.84. The summed E-state index contributed by atoms with van der Waals surface area (Å²) < 4.78 is 19.0. The van der Waals surface area contributed by atoms with Crippen LogP contribution < -0.4 is 10.5 Å². The summed E-state index contributed by atoms with van der Waals surface area (Å²) in [5.74, 6) is -0.0109. The van der Waals surface area contributed by atoms with Crippen molar-refractivity contribution in [1.82, 2.24) is 0 Å². The fourth-order valence-electron chi connectivity index (χ4n) is 1.54. The van der Waals surface area contributed by atoms with Gasteiger partial charge in [0.2, 0.25) is 0 Å². The Morgan fingerprint density at radius 2 is 2.05 bits per heavy atom. The minimum absolute atomic E-state index is 0.00894. The van der Waals surface area contributed by atoms with E-state index in [4.69, 9.17) is 27.3 Å². The molecular formula is C14H10ClFN2O. The van der Waals surface area contributed by atoms with Crippen molar-refractivity contribution < 1.29 is 9.13 Å². The zero-order valence-corrected chi connectivity index (χ0v) is 10.6. The lowest BCUT2D eigenvalue weighted by molar-refractivity contribution is 0.300. The van der Waals surface area contributed by atoms with Crippen LogP contribution in [0.5, 0.6) is 5.75 Å². The zero-order valence-electron chi connectivity index (χ0n) is 9.86. The molecule has 0 atom stereocenters. The molecule has 0 aliphatic heterocycles. The van der Waals surface area contributed by atoms with Gasteiger partial charge in [-0.25, -0.2) is 4.39 Å². The maximum Gasteiger partial charge on any atom is 0.138 e. The third-order valence-corrected chi connectivity index (χ3v) is 2.81. The van der Waals surface area contributed by atoms with Crippen LogP contribution >= 0.6 is 11.6 Å². The van der Waals surface area contributed by atoms with E-state index in [1.807, 2.05) is 6.07 Å². The maximum absolute atomic E-state index is 13.5. The Kier molecular flexibility index (Phi) is 3.88. The number of halogens is 2. The Balaban J connectivity index is 2.16. The van der Waals surface area contributed by atoms with Gasteiger partial charge in [0.1, 0.15) is 18.2 Å². The van der Waals surface area contributed by atoms with E-state index in [1.165, 1.54) is 18.2 Å². The van der Waals surface area contributed by atoms with Crippen LogP contribution in [-0.2, 0) is 6.61 Å². The minimum atomic E-state index is -0.425. The highest BCUT2D eigenvalue weighted by atomic mass is 35.5. The average Bonchev–Trinajstić information content (AvgIpc) is 2.39. The SMILES string of the molecule is N#Cc1ccc(F)c(COc2ccc(N)cc2Cl)c1. The van der Waals surface area contributed by atoms with E-state index in [1.54, 1.807) is 18.2 Å². The van der Waals surface area contributed by atoms with Crippen LogP contribution in [0.3, 0.4) is 0 Å². The van der Waals surface area contributed by atoms with E-state index in [2.05, 4.69) is 0 Å². The van der Waals surface area contributed by atoms with Gasteiger partial charge in [-0.05, 0) is 36.4 Å². The van der Waals surface area contributed by atoms with Gasteiger partial charge in [-0.15, -0.1) is 0 Å². The second-order valence-corrected chi connectivity index (χ2v) is 4.30. The molecule has 5 heteroatoms. The number of nitriles is 1. The van der Waals surface area contributed by atoms with Crippen molar-refractivity contribution in [3.8, 4) is 11.8 Å². The van der Waals surface area contributed by atoms with Crippen molar-refractivity contribution in [2.75, 3.05) is 5.73 Å². The summed E-state index contributed by atoms with van der Waals surface area (Å²) >= 11 is 5.94. The molecule has 0 radical (unpaired) electrons. The summed E-state index contributed by atoms with van der Waals surface area (Å²) in [6.45, 7) is -0.00894. The van der Waals surface area contributed by atoms with E-state index < -0.39 is 5.82 Å². The lowest BCUT2D eigenvalue weighted by atomic mass is 10.1. The van der Waals surface area contributed by atoms with E-state index in [0.29, 0.717) is 27.6 Å². The van der Waals surface area contributed by atoms with Gasteiger partial charge in [0.15, 0.2) is 0 Å². The maximum atomic E-state index is 13.5. The number of anilines is 1.